The van der Waals surface area contributed by atoms with Crippen molar-refractivity contribution >= 4 is 29.5 Å². The minimum atomic E-state index is -1.21. The number of nitrogens with zero attached hydrogens (tertiary/aromatic N) is 2. The lowest BCUT2D eigenvalue weighted by Gasteiger charge is -2.12. The molecule has 0 aliphatic rings. The Morgan fingerprint density at radius 1 is 1.24 bits per heavy atom. The molecule has 0 saturated carbocycles. The molecule has 0 aromatic heterocycles. The van der Waals surface area contributed by atoms with E-state index in [1.165, 1.54) is 0 Å². The van der Waals surface area contributed by atoms with Crippen LogP contribution >= 0.6 is 11.6 Å². The van der Waals surface area contributed by atoms with E-state index in [4.69, 9.17) is 16.7 Å². The molecule has 0 fully saturated rings. The van der Waals surface area contributed by atoms with Crippen molar-refractivity contribution in [2.75, 3.05) is 25.5 Å². The van der Waals surface area contributed by atoms with Gasteiger partial charge in [-0.2, -0.15) is 5.01 Å². The van der Waals surface area contributed by atoms with Gasteiger partial charge in [-0.25, -0.2) is 4.79 Å². The van der Waals surface area contributed by atoms with Crippen molar-refractivity contribution in [3.05, 3.63) is 4.91 Å². The van der Waals surface area contributed by atoms with Gasteiger partial charge in [0.15, 0.2) is 0 Å². The first kappa shape index (κ1) is 15.1. The molecule has 0 aromatic rings. The van der Waals surface area contributed by atoms with Gasteiger partial charge >= 0.3 is 12.0 Å². The van der Waals surface area contributed by atoms with Crippen LogP contribution in [0.3, 0.4) is 0 Å². The van der Waals surface area contributed by atoms with Crippen molar-refractivity contribution in [2.24, 2.45) is 5.29 Å². The largest absolute Gasteiger partial charge is 0.480 e. The average molecular weight is 267 g/mol. The number of nitrogens with one attached hydrogen (secondary N) is 2. The highest BCUT2D eigenvalue weighted by molar-refractivity contribution is 6.18. The number of rotatable bonds is 7. The second-order valence-corrected chi connectivity index (χ2v) is 3.10. The van der Waals surface area contributed by atoms with E-state index in [9.17, 15) is 19.3 Å². The molecule has 0 aliphatic carbocycles. The van der Waals surface area contributed by atoms with Crippen LogP contribution in [0.25, 0.3) is 0 Å². The van der Waals surface area contributed by atoms with Gasteiger partial charge in [-0.3, -0.25) is 9.59 Å². The molecule has 9 nitrogen and oxygen atoms in total. The summed E-state index contributed by atoms with van der Waals surface area (Å²) in [4.78, 5) is 42.4. The van der Waals surface area contributed by atoms with Crippen LogP contribution in [0.15, 0.2) is 5.29 Å². The van der Waals surface area contributed by atoms with Crippen LogP contribution in [0.2, 0.25) is 0 Å². The summed E-state index contributed by atoms with van der Waals surface area (Å²) < 4.78 is 0. The number of carboxylic acid groups (broad SMARTS) is 1. The Balaban J connectivity index is 3.93. The molecule has 0 heterocycles. The van der Waals surface area contributed by atoms with Crippen molar-refractivity contribution in [3.63, 3.8) is 0 Å². The maximum Gasteiger partial charge on any atom is 0.340 e. The molecule has 0 aromatic carbocycles. The molecule has 0 unspecified atom stereocenters. The summed E-state index contributed by atoms with van der Waals surface area (Å²) in [5.74, 6) is -1.88. The Hall–Kier alpha value is -1.90. The lowest BCUT2D eigenvalue weighted by atomic mass is 10.5. The average Bonchev–Trinajstić information content (AvgIpc) is 2.30. The molecule has 0 saturated heterocycles. The standard InChI is InChI=1S/C7H11ClN4O5/c8-1-2-12(11-17)7(16)10-3-5(13)9-4-6(14)15/h1-4H2,(H,9,13)(H,10,16)(H,14,15). The maximum atomic E-state index is 11.2. The van der Waals surface area contributed by atoms with Crippen LogP contribution in [0.1, 0.15) is 0 Å². The molecule has 17 heavy (non-hydrogen) atoms. The Kier molecular flexibility index (Phi) is 7.35. The Morgan fingerprint density at radius 3 is 2.35 bits per heavy atom. The van der Waals surface area contributed by atoms with E-state index in [1.807, 2.05) is 5.32 Å². The first-order chi connectivity index (χ1) is 8.01. The van der Waals surface area contributed by atoms with Crippen molar-refractivity contribution < 1.29 is 19.5 Å². The van der Waals surface area contributed by atoms with E-state index in [1.54, 1.807) is 0 Å². The summed E-state index contributed by atoms with van der Waals surface area (Å²) in [5, 5.41) is 15.2. The summed E-state index contributed by atoms with van der Waals surface area (Å²) in [6, 6.07) is -0.883. The summed E-state index contributed by atoms with van der Waals surface area (Å²) in [7, 11) is 0. The van der Waals surface area contributed by atoms with Crippen molar-refractivity contribution in [1.82, 2.24) is 15.6 Å². The second kappa shape index (κ2) is 8.28. The van der Waals surface area contributed by atoms with Gasteiger partial charge in [0.05, 0.1) is 18.4 Å². The molecule has 0 atom stereocenters. The molecule has 10 heteroatoms. The predicted octanol–water partition coefficient (Wildman–Crippen LogP) is -0.881. The molecule has 96 valence electrons. The number of hydrogen-bond donors (Lipinski definition) is 3. The predicted molar refractivity (Wildman–Crippen MR) is 57.3 cm³/mol. The molecule has 3 amide bonds. The number of hydrogen-bond acceptors (Lipinski definition) is 5. The Morgan fingerprint density at radius 2 is 1.88 bits per heavy atom. The van der Waals surface area contributed by atoms with E-state index in [0.29, 0.717) is 5.01 Å². The fourth-order valence-corrected chi connectivity index (χ4v) is 0.903. The summed E-state index contributed by atoms with van der Waals surface area (Å²) in [6.07, 6.45) is 0. The third-order valence-corrected chi connectivity index (χ3v) is 1.64. The quantitative estimate of drug-likeness (QED) is 0.313. The number of halogens is 1. The summed E-state index contributed by atoms with van der Waals surface area (Å²) in [6.45, 7) is -1.10. The normalized spacial score (nSPS) is 9.24. The van der Waals surface area contributed by atoms with E-state index in [0.717, 1.165) is 0 Å². The van der Waals surface area contributed by atoms with Gasteiger partial charge in [-0.05, 0) is 0 Å². The highest BCUT2D eigenvalue weighted by atomic mass is 35.5. The summed E-state index contributed by atoms with van der Waals surface area (Å²) >= 11 is 5.30. The highest BCUT2D eigenvalue weighted by Gasteiger charge is 2.14. The van der Waals surface area contributed by atoms with E-state index < -0.39 is 31.0 Å². The monoisotopic (exact) mass is 266 g/mol. The lowest BCUT2D eigenvalue weighted by molar-refractivity contribution is -0.137. The van der Waals surface area contributed by atoms with Gasteiger partial charge in [-0.15, -0.1) is 16.5 Å². The fraction of sp³-hybridized carbons (Fsp3) is 0.571. The topological polar surface area (TPSA) is 128 Å². The number of urea groups is 1. The van der Waals surface area contributed by atoms with Crippen molar-refractivity contribution in [3.8, 4) is 0 Å². The number of carbonyl (C=O) groups excluding carboxylic acids is 2. The van der Waals surface area contributed by atoms with E-state index in [-0.39, 0.29) is 12.4 Å². The third kappa shape index (κ3) is 7.06. The van der Waals surface area contributed by atoms with Crippen molar-refractivity contribution in [2.45, 2.75) is 0 Å². The number of nitroso groups, excluding NO2 is 1. The minimum absolute atomic E-state index is 0.0182. The first-order valence-corrected chi connectivity index (χ1v) is 4.97. The smallest absolute Gasteiger partial charge is 0.340 e. The fourth-order valence-electron chi connectivity index (χ4n) is 0.743. The second-order valence-electron chi connectivity index (χ2n) is 2.72. The first-order valence-electron chi connectivity index (χ1n) is 4.44. The van der Waals surface area contributed by atoms with Crippen LogP contribution < -0.4 is 10.6 Å². The molecule has 0 radical (unpaired) electrons. The summed E-state index contributed by atoms with van der Waals surface area (Å²) in [5.41, 5.74) is 0. The van der Waals surface area contributed by atoms with E-state index in [2.05, 4.69) is 10.6 Å². The van der Waals surface area contributed by atoms with E-state index >= 15 is 0 Å². The van der Waals surface area contributed by atoms with Crippen molar-refractivity contribution in [1.29, 1.82) is 0 Å². The number of carbonyl (C=O) groups is 3. The van der Waals surface area contributed by atoms with Crippen LogP contribution in [0, 0.1) is 4.91 Å². The molecule has 0 spiro atoms. The van der Waals surface area contributed by atoms with Gasteiger partial charge in [0.25, 0.3) is 0 Å². The van der Waals surface area contributed by atoms with Crippen LogP contribution in [0.4, 0.5) is 4.79 Å². The molecule has 0 bridgehead atoms. The molecule has 0 aliphatic heterocycles. The zero-order chi connectivity index (χ0) is 13.3. The molecule has 3 N–H and O–H groups in total. The van der Waals surface area contributed by atoms with Crippen LogP contribution in [-0.4, -0.2) is 53.5 Å². The van der Waals surface area contributed by atoms with Gasteiger partial charge in [0, 0.05) is 5.88 Å². The van der Waals surface area contributed by atoms with Gasteiger partial charge in [-0.1, -0.05) is 0 Å². The maximum absolute atomic E-state index is 11.2. The SMILES string of the molecule is O=NN(CCCl)C(=O)NCC(=O)NCC(=O)O. The Bertz CT molecular complexity index is 311. The van der Waals surface area contributed by atoms with Gasteiger partial charge in [0.1, 0.15) is 6.54 Å². The van der Waals surface area contributed by atoms with Gasteiger partial charge < -0.3 is 15.7 Å². The third-order valence-electron chi connectivity index (χ3n) is 1.47. The lowest BCUT2D eigenvalue weighted by Crippen LogP contribution is -2.43. The highest BCUT2D eigenvalue weighted by Crippen LogP contribution is 1.91. The van der Waals surface area contributed by atoms with Crippen LogP contribution in [0.5, 0.6) is 0 Å². The number of alkyl halides is 1. The number of carboxylic acids is 1. The number of amides is 3. The zero-order valence-corrected chi connectivity index (χ0v) is 9.44. The zero-order valence-electron chi connectivity index (χ0n) is 8.68. The molecule has 0 rings (SSSR count). The molecular formula is C7H11ClN4O5. The van der Waals surface area contributed by atoms with Crippen LogP contribution in [-0.2, 0) is 9.59 Å². The number of aliphatic carboxylic acids is 1. The van der Waals surface area contributed by atoms with Gasteiger partial charge in [0.2, 0.25) is 5.91 Å². The minimum Gasteiger partial charge on any atom is -0.480 e. The molecular weight excluding hydrogens is 256 g/mol. The Labute approximate surface area is 101 Å².